The number of hydrogen-bond donors (Lipinski definition) is 2. The van der Waals surface area contributed by atoms with E-state index in [4.69, 9.17) is 10.2 Å². The van der Waals surface area contributed by atoms with Gasteiger partial charge in [-0.2, -0.15) is 0 Å². The number of nitrogens with zero attached hydrogens (tertiary/aromatic N) is 1. The van der Waals surface area contributed by atoms with Gasteiger partial charge in [0.1, 0.15) is 6.04 Å². The number of nitrogens with two attached hydrogens (primary N) is 1. The maximum absolute atomic E-state index is 12.3. The lowest BCUT2D eigenvalue weighted by molar-refractivity contribution is -0.134. The van der Waals surface area contributed by atoms with Gasteiger partial charge in [0.05, 0.1) is 6.26 Å². The summed E-state index contributed by atoms with van der Waals surface area (Å²) in [4.78, 5) is 26.0. The number of furan rings is 1. The monoisotopic (exact) mass is 293 g/mol. The van der Waals surface area contributed by atoms with Gasteiger partial charge in [0.2, 0.25) is 5.91 Å². The van der Waals surface area contributed by atoms with Crippen LogP contribution in [0.1, 0.15) is 37.2 Å². The summed E-state index contributed by atoms with van der Waals surface area (Å²) < 4.78 is 5.01. The first kappa shape index (κ1) is 15.6. The highest BCUT2D eigenvalue weighted by Crippen LogP contribution is 2.20. The Labute approximate surface area is 124 Å². The molecule has 0 bridgehead atoms. The highest BCUT2D eigenvalue weighted by Gasteiger charge is 2.28. The predicted octanol–water partition coefficient (Wildman–Crippen LogP) is 0.984. The minimum atomic E-state index is -0.561. The minimum Gasteiger partial charge on any atom is -0.459 e. The second kappa shape index (κ2) is 6.76. The van der Waals surface area contributed by atoms with E-state index in [0.29, 0.717) is 19.0 Å². The maximum Gasteiger partial charge on any atom is 0.287 e. The van der Waals surface area contributed by atoms with Crippen molar-refractivity contribution < 1.29 is 14.0 Å². The molecule has 0 saturated carbocycles. The van der Waals surface area contributed by atoms with Crippen LogP contribution in [0.4, 0.5) is 0 Å². The van der Waals surface area contributed by atoms with E-state index in [2.05, 4.69) is 5.32 Å². The quantitative estimate of drug-likeness (QED) is 0.866. The van der Waals surface area contributed by atoms with Gasteiger partial charge in [-0.15, -0.1) is 0 Å². The number of piperidine rings is 1. The Morgan fingerprint density at radius 3 is 2.57 bits per heavy atom. The van der Waals surface area contributed by atoms with Crippen molar-refractivity contribution in [1.82, 2.24) is 10.2 Å². The average Bonchev–Trinajstić information content (AvgIpc) is 3.00. The maximum atomic E-state index is 12.3. The molecule has 2 rings (SSSR count). The van der Waals surface area contributed by atoms with Crippen LogP contribution in [-0.4, -0.2) is 41.9 Å². The molecular formula is C15H23N3O3. The molecule has 2 heterocycles. The molecule has 3 N–H and O–H groups in total. The van der Waals surface area contributed by atoms with E-state index >= 15 is 0 Å². The molecule has 0 radical (unpaired) electrons. The normalized spacial score (nSPS) is 19.1. The third kappa shape index (κ3) is 3.85. The molecule has 2 unspecified atom stereocenters. The Bertz CT molecular complexity index is 476. The van der Waals surface area contributed by atoms with Gasteiger partial charge in [0.15, 0.2) is 5.76 Å². The summed E-state index contributed by atoms with van der Waals surface area (Å²) in [7, 11) is 0. The van der Waals surface area contributed by atoms with E-state index < -0.39 is 6.04 Å². The molecule has 1 fully saturated rings. The smallest absolute Gasteiger partial charge is 0.287 e. The molecular weight excluding hydrogens is 270 g/mol. The third-order valence-electron chi connectivity index (χ3n) is 4.06. The third-order valence-corrected chi connectivity index (χ3v) is 4.06. The number of hydrogen-bond acceptors (Lipinski definition) is 4. The summed E-state index contributed by atoms with van der Waals surface area (Å²) in [5.74, 6) is 0.261. The van der Waals surface area contributed by atoms with Crippen LogP contribution in [-0.2, 0) is 4.79 Å². The van der Waals surface area contributed by atoms with Gasteiger partial charge >= 0.3 is 0 Å². The highest BCUT2D eigenvalue weighted by molar-refractivity contribution is 5.95. The van der Waals surface area contributed by atoms with Crippen LogP contribution >= 0.6 is 0 Å². The van der Waals surface area contributed by atoms with Gasteiger partial charge in [0, 0.05) is 19.1 Å². The van der Waals surface area contributed by atoms with Crippen LogP contribution in [0, 0.1) is 5.92 Å². The molecule has 0 aliphatic carbocycles. The Morgan fingerprint density at radius 2 is 2.05 bits per heavy atom. The molecule has 6 heteroatoms. The van der Waals surface area contributed by atoms with Crippen molar-refractivity contribution in [2.45, 2.75) is 38.8 Å². The molecule has 1 aliphatic heterocycles. The highest BCUT2D eigenvalue weighted by atomic mass is 16.3. The van der Waals surface area contributed by atoms with E-state index in [1.165, 1.54) is 6.26 Å². The van der Waals surface area contributed by atoms with Gasteiger partial charge < -0.3 is 20.4 Å². The van der Waals surface area contributed by atoms with Gasteiger partial charge in [-0.05, 0) is 44.7 Å². The molecule has 0 spiro atoms. The van der Waals surface area contributed by atoms with Crippen molar-refractivity contribution in [1.29, 1.82) is 0 Å². The Balaban J connectivity index is 1.84. The Morgan fingerprint density at radius 1 is 1.38 bits per heavy atom. The first-order chi connectivity index (χ1) is 9.99. The summed E-state index contributed by atoms with van der Waals surface area (Å²) in [6.07, 6.45) is 3.27. The molecule has 1 saturated heterocycles. The largest absolute Gasteiger partial charge is 0.459 e. The number of likely N-dealkylation sites (tertiary alicyclic amines) is 1. The van der Waals surface area contributed by atoms with Crippen molar-refractivity contribution in [2.75, 3.05) is 13.1 Å². The van der Waals surface area contributed by atoms with Gasteiger partial charge in [-0.25, -0.2) is 0 Å². The molecule has 2 amide bonds. The summed E-state index contributed by atoms with van der Waals surface area (Å²) in [6.45, 7) is 5.10. The second-order valence-corrected chi connectivity index (χ2v) is 5.69. The zero-order chi connectivity index (χ0) is 15.4. The summed E-state index contributed by atoms with van der Waals surface area (Å²) in [6, 6.07) is 2.81. The van der Waals surface area contributed by atoms with E-state index in [-0.39, 0.29) is 23.6 Å². The molecule has 21 heavy (non-hydrogen) atoms. The predicted molar refractivity (Wildman–Crippen MR) is 78.6 cm³/mol. The molecule has 1 aromatic rings. The first-order valence-corrected chi connectivity index (χ1v) is 7.37. The van der Waals surface area contributed by atoms with Crippen LogP contribution in [0.15, 0.2) is 22.8 Å². The fraction of sp³-hybridized carbons (Fsp3) is 0.600. The first-order valence-electron chi connectivity index (χ1n) is 7.37. The zero-order valence-corrected chi connectivity index (χ0v) is 12.5. The Hall–Kier alpha value is -1.82. The van der Waals surface area contributed by atoms with Crippen molar-refractivity contribution >= 4 is 11.8 Å². The van der Waals surface area contributed by atoms with Gasteiger partial charge in [0.25, 0.3) is 5.91 Å². The lowest BCUT2D eigenvalue weighted by Gasteiger charge is -2.35. The number of rotatable bonds is 4. The van der Waals surface area contributed by atoms with Crippen LogP contribution in [0.3, 0.4) is 0 Å². The summed E-state index contributed by atoms with van der Waals surface area (Å²) in [5.41, 5.74) is 5.90. The fourth-order valence-electron chi connectivity index (χ4n) is 2.66. The van der Waals surface area contributed by atoms with Crippen molar-refractivity contribution in [3.8, 4) is 0 Å². The van der Waals surface area contributed by atoms with Crippen LogP contribution in [0.25, 0.3) is 0 Å². The van der Waals surface area contributed by atoms with E-state index in [1.807, 2.05) is 6.92 Å². The SMILES string of the molecule is CC(NC(=O)c1ccco1)C(=O)N1CCC(C(C)N)CC1. The molecule has 1 aliphatic rings. The fourth-order valence-corrected chi connectivity index (χ4v) is 2.66. The lowest BCUT2D eigenvalue weighted by atomic mass is 9.91. The Kier molecular flexibility index (Phi) is 5.01. The second-order valence-electron chi connectivity index (χ2n) is 5.69. The van der Waals surface area contributed by atoms with Crippen molar-refractivity contribution in [3.05, 3.63) is 24.2 Å². The van der Waals surface area contributed by atoms with Crippen molar-refractivity contribution in [3.63, 3.8) is 0 Å². The molecule has 6 nitrogen and oxygen atoms in total. The molecule has 2 atom stereocenters. The number of carbonyl (C=O) groups is 2. The van der Waals surface area contributed by atoms with Gasteiger partial charge in [-0.3, -0.25) is 9.59 Å². The summed E-state index contributed by atoms with van der Waals surface area (Å²) >= 11 is 0. The van der Waals surface area contributed by atoms with E-state index in [1.54, 1.807) is 24.0 Å². The van der Waals surface area contributed by atoms with E-state index in [0.717, 1.165) is 12.8 Å². The number of amides is 2. The molecule has 1 aromatic heterocycles. The number of nitrogens with one attached hydrogen (secondary N) is 1. The standard InChI is InChI=1S/C15H23N3O3/c1-10(16)12-5-7-18(8-6-12)15(20)11(2)17-14(19)13-4-3-9-21-13/h3-4,9-12H,5-8,16H2,1-2H3,(H,17,19). The van der Waals surface area contributed by atoms with Crippen LogP contribution in [0.5, 0.6) is 0 Å². The summed E-state index contributed by atoms with van der Waals surface area (Å²) in [5, 5.41) is 2.66. The van der Waals surface area contributed by atoms with Crippen LogP contribution in [0.2, 0.25) is 0 Å². The average molecular weight is 293 g/mol. The van der Waals surface area contributed by atoms with Gasteiger partial charge in [-0.1, -0.05) is 0 Å². The number of carbonyl (C=O) groups excluding carboxylic acids is 2. The lowest BCUT2D eigenvalue weighted by Crippen LogP contribution is -2.50. The van der Waals surface area contributed by atoms with E-state index in [9.17, 15) is 9.59 Å². The zero-order valence-electron chi connectivity index (χ0n) is 12.5. The topological polar surface area (TPSA) is 88.6 Å². The van der Waals surface area contributed by atoms with Crippen molar-refractivity contribution in [2.24, 2.45) is 11.7 Å². The minimum absolute atomic E-state index is 0.0574. The van der Waals surface area contributed by atoms with Crippen LogP contribution < -0.4 is 11.1 Å². The molecule has 0 aromatic carbocycles. The molecule has 116 valence electrons.